The van der Waals surface area contributed by atoms with E-state index in [1.54, 1.807) is 0 Å². The number of hydrogen-bond acceptors (Lipinski definition) is 0. The summed E-state index contributed by atoms with van der Waals surface area (Å²) in [5.41, 5.74) is 0. The van der Waals surface area contributed by atoms with Gasteiger partial charge in [0.1, 0.15) is 0 Å². The summed E-state index contributed by atoms with van der Waals surface area (Å²) in [5.74, 6) is -4.50. The second kappa shape index (κ2) is 2.91. The van der Waals surface area contributed by atoms with E-state index in [2.05, 4.69) is 0 Å². The highest BCUT2D eigenvalue weighted by Gasteiger charge is 2.15. The van der Waals surface area contributed by atoms with Gasteiger partial charge in [0.25, 0.3) is 0 Å². The highest BCUT2D eigenvalue weighted by Crippen LogP contribution is 2.26. The summed E-state index contributed by atoms with van der Waals surface area (Å²) in [5, 5.41) is -1.07. The van der Waals surface area contributed by atoms with E-state index in [0.29, 0.717) is 0 Å². The van der Waals surface area contributed by atoms with Gasteiger partial charge in [-0.25, -0.2) is 13.2 Å². The molecule has 60 valence electrons. The third-order valence-corrected chi connectivity index (χ3v) is 1.61. The van der Waals surface area contributed by atoms with E-state index in [0.717, 1.165) is 6.07 Å². The summed E-state index contributed by atoms with van der Waals surface area (Å²) >= 11 is 10.3. The van der Waals surface area contributed by atoms with Gasteiger partial charge in [-0.2, -0.15) is 0 Å². The molecule has 0 atom stereocenters. The molecule has 0 N–H and O–H groups in total. The molecule has 0 fully saturated rings. The van der Waals surface area contributed by atoms with Crippen LogP contribution in [0, 0.1) is 17.5 Å². The molecule has 0 amide bonds. The molecular weight excluding hydrogens is 200 g/mol. The van der Waals surface area contributed by atoms with E-state index in [4.69, 9.17) is 23.2 Å². The Balaban J connectivity index is 3.46. The predicted molar refractivity (Wildman–Crippen MR) is 36.3 cm³/mol. The van der Waals surface area contributed by atoms with Crippen molar-refractivity contribution in [1.82, 2.24) is 0 Å². The molecule has 0 aromatic heterocycles. The number of rotatable bonds is 0. The van der Waals surface area contributed by atoms with Crippen LogP contribution in [0.4, 0.5) is 13.2 Å². The smallest absolute Gasteiger partial charge is 0.197 e. The fourth-order valence-corrected chi connectivity index (χ4v) is 0.984. The van der Waals surface area contributed by atoms with Gasteiger partial charge in [0.2, 0.25) is 0 Å². The maximum absolute atomic E-state index is 12.4. The van der Waals surface area contributed by atoms with E-state index in [1.165, 1.54) is 0 Å². The molecular formula is C6HCl2F3. The summed E-state index contributed by atoms with van der Waals surface area (Å²) in [7, 11) is 0. The minimum Gasteiger partial charge on any atom is -0.202 e. The van der Waals surface area contributed by atoms with Crippen LogP contribution in [0.5, 0.6) is 0 Å². The quantitative estimate of drug-likeness (QED) is 0.445. The maximum Gasteiger partial charge on any atom is 0.197 e. The van der Waals surface area contributed by atoms with Gasteiger partial charge in [-0.1, -0.05) is 23.2 Å². The number of benzene rings is 1. The minimum atomic E-state index is -1.65. The zero-order valence-corrected chi connectivity index (χ0v) is 6.48. The topological polar surface area (TPSA) is 0 Å². The summed E-state index contributed by atoms with van der Waals surface area (Å²) in [6.45, 7) is 0. The van der Waals surface area contributed by atoms with Crippen molar-refractivity contribution in [3.8, 4) is 0 Å². The van der Waals surface area contributed by atoms with Crippen molar-refractivity contribution >= 4 is 23.2 Å². The van der Waals surface area contributed by atoms with E-state index >= 15 is 0 Å². The molecule has 0 aliphatic rings. The molecule has 0 nitrogen and oxygen atoms in total. The highest BCUT2D eigenvalue weighted by molar-refractivity contribution is 6.34. The van der Waals surface area contributed by atoms with Crippen molar-refractivity contribution in [3.63, 3.8) is 0 Å². The molecule has 0 aliphatic carbocycles. The molecule has 0 saturated heterocycles. The molecule has 0 saturated carbocycles. The summed E-state index contributed by atoms with van der Waals surface area (Å²) < 4.78 is 37.1. The highest BCUT2D eigenvalue weighted by atomic mass is 35.5. The lowest BCUT2D eigenvalue weighted by molar-refractivity contribution is 0.447. The first kappa shape index (κ1) is 8.68. The molecule has 5 heteroatoms. The predicted octanol–water partition coefficient (Wildman–Crippen LogP) is 3.41. The van der Waals surface area contributed by atoms with Gasteiger partial charge < -0.3 is 0 Å². The Morgan fingerprint density at radius 2 is 1.18 bits per heavy atom. The summed E-state index contributed by atoms with van der Waals surface area (Å²) in [6.07, 6.45) is 0. The average Bonchev–Trinajstić information content (AvgIpc) is 1.97. The second-order valence-electron chi connectivity index (χ2n) is 1.78. The standard InChI is InChI=1S/C6HCl2F3/c7-2-1-3(8)5(10)6(11)4(2)9/h1H. The van der Waals surface area contributed by atoms with Gasteiger partial charge in [0.05, 0.1) is 10.0 Å². The van der Waals surface area contributed by atoms with E-state index in [9.17, 15) is 13.2 Å². The Bertz CT molecular complexity index is 272. The molecule has 0 spiro atoms. The van der Waals surface area contributed by atoms with Crippen molar-refractivity contribution in [3.05, 3.63) is 33.6 Å². The Kier molecular flexibility index (Phi) is 2.30. The third-order valence-electron chi connectivity index (χ3n) is 1.06. The largest absolute Gasteiger partial charge is 0.202 e. The molecule has 1 aromatic rings. The molecule has 1 aromatic carbocycles. The Morgan fingerprint density at radius 1 is 0.818 bits per heavy atom. The van der Waals surface area contributed by atoms with Crippen LogP contribution in [-0.2, 0) is 0 Å². The first-order valence-electron chi connectivity index (χ1n) is 2.52. The molecule has 0 heterocycles. The van der Waals surface area contributed by atoms with E-state index in [1.807, 2.05) is 0 Å². The Morgan fingerprint density at radius 3 is 1.55 bits per heavy atom. The van der Waals surface area contributed by atoms with Gasteiger partial charge in [0.15, 0.2) is 17.5 Å². The van der Waals surface area contributed by atoms with Crippen molar-refractivity contribution in [2.75, 3.05) is 0 Å². The summed E-state index contributed by atoms with van der Waals surface area (Å²) in [6, 6.07) is 0.802. The fraction of sp³-hybridized carbons (Fsp3) is 0. The van der Waals surface area contributed by atoms with Crippen LogP contribution < -0.4 is 0 Å². The molecule has 0 bridgehead atoms. The van der Waals surface area contributed by atoms with Crippen molar-refractivity contribution in [2.24, 2.45) is 0 Å². The van der Waals surface area contributed by atoms with Crippen LogP contribution in [0.25, 0.3) is 0 Å². The number of hydrogen-bond donors (Lipinski definition) is 0. The lowest BCUT2D eigenvalue weighted by Gasteiger charge is -1.98. The van der Waals surface area contributed by atoms with Crippen molar-refractivity contribution in [1.29, 1.82) is 0 Å². The number of halogens is 5. The van der Waals surface area contributed by atoms with E-state index < -0.39 is 27.5 Å². The van der Waals surface area contributed by atoms with Crippen LogP contribution >= 0.6 is 23.2 Å². The lowest BCUT2D eigenvalue weighted by Crippen LogP contribution is -1.91. The molecule has 0 unspecified atom stereocenters. The Labute approximate surface area is 70.5 Å². The van der Waals surface area contributed by atoms with Crippen molar-refractivity contribution < 1.29 is 13.2 Å². The van der Waals surface area contributed by atoms with Crippen LogP contribution in [0.15, 0.2) is 6.07 Å². The maximum atomic E-state index is 12.4. The van der Waals surface area contributed by atoms with Crippen molar-refractivity contribution in [2.45, 2.75) is 0 Å². The third kappa shape index (κ3) is 1.44. The molecule has 1 rings (SSSR count). The van der Waals surface area contributed by atoms with Gasteiger partial charge in [-0.15, -0.1) is 0 Å². The average molecular weight is 201 g/mol. The van der Waals surface area contributed by atoms with Crippen LogP contribution in [-0.4, -0.2) is 0 Å². The second-order valence-corrected chi connectivity index (χ2v) is 2.60. The Hall–Kier alpha value is -0.410. The lowest BCUT2D eigenvalue weighted by atomic mass is 10.3. The SMILES string of the molecule is Fc1c(Cl)cc(Cl)c(F)c1F. The minimum absolute atomic E-state index is 0.533. The van der Waals surface area contributed by atoms with Crippen LogP contribution in [0.3, 0.4) is 0 Å². The van der Waals surface area contributed by atoms with Gasteiger partial charge in [-0.05, 0) is 6.07 Å². The molecule has 0 radical (unpaired) electrons. The summed E-state index contributed by atoms with van der Waals surface area (Å²) in [4.78, 5) is 0. The monoisotopic (exact) mass is 200 g/mol. The fourth-order valence-electron chi connectivity index (χ4n) is 0.544. The van der Waals surface area contributed by atoms with Gasteiger partial charge >= 0.3 is 0 Å². The first-order chi connectivity index (χ1) is 5.04. The van der Waals surface area contributed by atoms with E-state index in [-0.39, 0.29) is 0 Å². The zero-order valence-electron chi connectivity index (χ0n) is 4.97. The molecule has 11 heavy (non-hydrogen) atoms. The molecule has 0 aliphatic heterocycles. The zero-order chi connectivity index (χ0) is 8.59. The van der Waals surface area contributed by atoms with Gasteiger partial charge in [0, 0.05) is 0 Å². The van der Waals surface area contributed by atoms with Crippen LogP contribution in [0.1, 0.15) is 0 Å². The normalized spacial score (nSPS) is 10.3. The van der Waals surface area contributed by atoms with Crippen LogP contribution in [0.2, 0.25) is 10.0 Å². The first-order valence-corrected chi connectivity index (χ1v) is 3.28. The van der Waals surface area contributed by atoms with Gasteiger partial charge in [-0.3, -0.25) is 0 Å².